The van der Waals surface area contributed by atoms with Gasteiger partial charge >= 0.3 is 0 Å². The SMILES string of the molecule is Cc1nc2ccc(F)cc2nc1O[C@@H]1C[C@H]2C(=O)N[C@]3(C(=O)NS(=O)(=O)C4CC4)C[C@H]3C=CCCCCC[C@H](NC(=O)c3cscn3)C(=O)N2C1. The zero-order chi connectivity index (χ0) is 35.9. The summed E-state index contributed by atoms with van der Waals surface area (Å²) in [5.41, 5.74) is 1.32. The highest BCUT2D eigenvalue weighted by molar-refractivity contribution is 7.91. The van der Waals surface area contributed by atoms with Gasteiger partial charge in [-0.05, 0) is 57.6 Å². The van der Waals surface area contributed by atoms with Gasteiger partial charge in [-0.3, -0.25) is 23.9 Å². The summed E-state index contributed by atoms with van der Waals surface area (Å²) in [6.07, 6.45) is 7.24. The molecule has 2 aliphatic carbocycles. The Bertz CT molecular complexity index is 2010. The van der Waals surface area contributed by atoms with Crippen LogP contribution in [0.1, 0.15) is 74.0 Å². The Morgan fingerprint density at radius 1 is 1.12 bits per heavy atom. The van der Waals surface area contributed by atoms with Crippen molar-refractivity contribution in [3.05, 3.63) is 58.4 Å². The number of carbonyl (C=O) groups is 4. The fourth-order valence-corrected chi connectivity index (χ4v) is 8.67. The van der Waals surface area contributed by atoms with Crippen LogP contribution in [0.15, 0.2) is 41.2 Å². The molecule has 4 amide bonds. The smallest absolute Gasteiger partial charge is 0.271 e. The summed E-state index contributed by atoms with van der Waals surface area (Å²) in [7, 11) is -3.90. The second-order valence-corrected chi connectivity index (χ2v) is 16.3. The molecule has 3 aromatic rings. The average molecular weight is 740 g/mol. The van der Waals surface area contributed by atoms with Gasteiger partial charge in [-0.2, -0.15) is 0 Å². The lowest BCUT2D eigenvalue weighted by Crippen LogP contribution is -2.58. The number of hydrogen-bond acceptors (Lipinski definition) is 11. The standard InChI is InChI=1S/C34H38FN7O7S2/c1-19-31(39-26-13-21(35)9-12-24(26)37-19)49-22-14-28-30(44)40-34(33(46)41-51(47,48)23-10-11-23)15-20(34)7-5-3-2-4-6-8-25(32(45)42(28)16-22)38-29(43)27-17-50-18-36-27/h5,7,9,12-13,17-18,20,22-23,25,28H,2-4,6,8,10-11,14-16H2,1H3,(H,38,43)(H,40,44)(H,41,46)/t20-,22-,25+,28+,34-/m1/s1. The Morgan fingerprint density at radius 3 is 2.71 bits per heavy atom. The van der Waals surface area contributed by atoms with Gasteiger partial charge in [0.05, 0.1) is 28.3 Å². The highest BCUT2D eigenvalue weighted by Gasteiger charge is 2.62. The van der Waals surface area contributed by atoms with E-state index in [1.54, 1.807) is 12.3 Å². The molecule has 270 valence electrons. The van der Waals surface area contributed by atoms with Crippen molar-refractivity contribution in [2.45, 2.75) is 93.7 Å². The molecular formula is C34H38FN7O7S2. The fourth-order valence-electron chi connectivity index (χ4n) is 6.77. The molecule has 14 nitrogen and oxygen atoms in total. The molecule has 0 spiro atoms. The molecule has 3 fully saturated rings. The molecule has 1 aromatic carbocycles. The number of halogens is 1. The summed E-state index contributed by atoms with van der Waals surface area (Å²) in [5.74, 6) is -3.34. The highest BCUT2D eigenvalue weighted by atomic mass is 32.2. The van der Waals surface area contributed by atoms with Gasteiger partial charge in [0, 0.05) is 23.8 Å². The molecule has 4 aliphatic rings. The van der Waals surface area contributed by atoms with Crippen molar-refractivity contribution >= 4 is 56.0 Å². The Labute approximate surface area is 297 Å². The number of carbonyl (C=O) groups excluding carboxylic acids is 4. The minimum atomic E-state index is -3.90. The number of ether oxygens (including phenoxy) is 1. The maximum atomic E-state index is 14.4. The third-order valence-corrected chi connectivity index (χ3v) is 12.3. The maximum absolute atomic E-state index is 14.4. The van der Waals surface area contributed by atoms with E-state index in [1.807, 2.05) is 12.2 Å². The van der Waals surface area contributed by atoms with Crippen molar-refractivity contribution in [1.82, 2.24) is 35.2 Å². The quantitative estimate of drug-likeness (QED) is 0.304. The third kappa shape index (κ3) is 7.45. The number of rotatable bonds is 7. The van der Waals surface area contributed by atoms with E-state index in [2.05, 4.69) is 30.3 Å². The summed E-state index contributed by atoms with van der Waals surface area (Å²) in [5, 5.41) is 6.58. The van der Waals surface area contributed by atoms with Crippen molar-refractivity contribution in [2.75, 3.05) is 6.54 Å². The van der Waals surface area contributed by atoms with Crippen LogP contribution < -0.4 is 20.1 Å². The summed E-state index contributed by atoms with van der Waals surface area (Å²) in [6, 6.07) is 1.88. The Balaban J connectivity index is 1.19. The van der Waals surface area contributed by atoms with Crippen molar-refractivity contribution < 1.29 is 36.7 Å². The van der Waals surface area contributed by atoms with E-state index in [0.717, 1.165) is 12.8 Å². The number of sulfonamides is 1. The highest BCUT2D eigenvalue weighted by Crippen LogP contribution is 2.46. The van der Waals surface area contributed by atoms with Crippen molar-refractivity contribution in [3.8, 4) is 5.88 Å². The molecule has 0 unspecified atom stereocenters. The van der Waals surface area contributed by atoms with E-state index in [4.69, 9.17) is 4.74 Å². The summed E-state index contributed by atoms with van der Waals surface area (Å²) >= 11 is 1.24. The van der Waals surface area contributed by atoms with Gasteiger partial charge in [-0.15, -0.1) is 11.3 Å². The number of nitrogens with zero attached hydrogens (tertiary/aromatic N) is 4. The number of fused-ring (bicyclic) bond motifs is 3. The van der Waals surface area contributed by atoms with Crippen LogP contribution in [0.5, 0.6) is 5.88 Å². The van der Waals surface area contributed by atoms with Crippen LogP contribution in [-0.4, -0.2) is 87.4 Å². The lowest BCUT2D eigenvalue weighted by molar-refractivity contribution is -0.141. The maximum Gasteiger partial charge on any atom is 0.271 e. The van der Waals surface area contributed by atoms with Gasteiger partial charge < -0.3 is 20.3 Å². The zero-order valence-electron chi connectivity index (χ0n) is 27.8. The van der Waals surface area contributed by atoms with Gasteiger partial charge in [0.1, 0.15) is 40.9 Å². The first-order valence-corrected chi connectivity index (χ1v) is 19.6. The number of thiazole rings is 1. The summed E-state index contributed by atoms with van der Waals surface area (Å²) in [4.78, 5) is 69.7. The zero-order valence-corrected chi connectivity index (χ0v) is 29.5. The van der Waals surface area contributed by atoms with Crippen LogP contribution in [-0.2, 0) is 24.4 Å². The number of aromatic nitrogens is 3. The first-order valence-electron chi connectivity index (χ1n) is 17.1. The van der Waals surface area contributed by atoms with E-state index in [0.29, 0.717) is 43.3 Å². The van der Waals surface area contributed by atoms with Crippen molar-refractivity contribution in [3.63, 3.8) is 0 Å². The predicted molar refractivity (Wildman–Crippen MR) is 183 cm³/mol. The van der Waals surface area contributed by atoms with Crippen molar-refractivity contribution in [1.29, 1.82) is 0 Å². The summed E-state index contributed by atoms with van der Waals surface area (Å²) < 4.78 is 48.0. The summed E-state index contributed by atoms with van der Waals surface area (Å²) in [6.45, 7) is 1.61. The van der Waals surface area contributed by atoms with Gasteiger partial charge in [-0.25, -0.2) is 27.8 Å². The number of aryl methyl sites for hydroxylation is 1. The molecule has 1 saturated heterocycles. The Kier molecular flexibility index (Phi) is 9.52. The van der Waals surface area contributed by atoms with Gasteiger partial charge in [-0.1, -0.05) is 25.0 Å². The van der Waals surface area contributed by atoms with Crippen LogP contribution in [0.25, 0.3) is 11.0 Å². The van der Waals surface area contributed by atoms with Crippen LogP contribution in [0, 0.1) is 18.7 Å². The number of hydrogen-bond donors (Lipinski definition) is 3. The number of benzene rings is 1. The molecule has 7 rings (SSSR count). The molecule has 2 saturated carbocycles. The van der Waals surface area contributed by atoms with E-state index in [-0.39, 0.29) is 36.5 Å². The van der Waals surface area contributed by atoms with Crippen LogP contribution >= 0.6 is 11.3 Å². The fraction of sp³-hybridized carbons (Fsp3) is 0.500. The molecule has 4 heterocycles. The first kappa shape index (κ1) is 34.9. The Morgan fingerprint density at radius 2 is 1.94 bits per heavy atom. The molecule has 0 radical (unpaired) electrons. The molecule has 17 heteroatoms. The predicted octanol–water partition coefficient (Wildman–Crippen LogP) is 2.68. The molecule has 2 aliphatic heterocycles. The largest absolute Gasteiger partial charge is 0.471 e. The molecule has 5 atom stereocenters. The van der Waals surface area contributed by atoms with Crippen LogP contribution in [0.2, 0.25) is 0 Å². The minimum absolute atomic E-state index is 0.00872. The number of allylic oxidation sites excluding steroid dienone is 1. The molecule has 2 aromatic heterocycles. The number of nitrogens with one attached hydrogen (secondary N) is 3. The normalized spacial score (nSPS) is 27.1. The number of amides is 4. The lowest BCUT2D eigenvalue weighted by atomic mass is 10.0. The minimum Gasteiger partial charge on any atom is -0.471 e. The molecule has 51 heavy (non-hydrogen) atoms. The van der Waals surface area contributed by atoms with Gasteiger partial charge in [0.25, 0.3) is 11.8 Å². The van der Waals surface area contributed by atoms with Gasteiger partial charge in [0.2, 0.25) is 27.7 Å². The second kappa shape index (κ2) is 13.9. The molecule has 3 N–H and O–H groups in total. The molecule has 0 bridgehead atoms. The second-order valence-electron chi connectivity index (χ2n) is 13.6. The van der Waals surface area contributed by atoms with E-state index < -0.39 is 74.4 Å². The Hall–Kier alpha value is -4.51. The van der Waals surface area contributed by atoms with Crippen LogP contribution in [0.4, 0.5) is 4.39 Å². The monoisotopic (exact) mass is 739 g/mol. The van der Waals surface area contributed by atoms with E-state index >= 15 is 0 Å². The lowest BCUT2D eigenvalue weighted by Gasteiger charge is -2.29. The van der Waals surface area contributed by atoms with Crippen molar-refractivity contribution in [2.24, 2.45) is 5.92 Å². The van der Waals surface area contributed by atoms with Gasteiger partial charge in [0.15, 0.2) is 0 Å². The van der Waals surface area contributed by atoms with E-state index in [9.17, 15) is 32.0 Å². The topological polar surface area (TPSA) is 190 Å². The first-order chi connectivity index (χ1) is 24.4. The average Bonchev–Trinajstić information content (AvgIpc) is 3.95. The van der Waals surface area contributed by atoms with Crippen LogP contribution in [0.3, 0.4) is 0 Å². The van der Waals surface area contributed by atoms with E-state index in [1.165, 1.54) is 39.9 Å². The third-order valence-electron chi connectivity index (χ3n) is 9.85. The molecular weight excluding hydrogens is 702 g/mol.